The van der Waals surface area contributed by atoms with Gasteiger partial charge in [-0.2, -0.15) is 5.10 Å². The highest BCUT2D eigenvalue weighted by atomic mass is 16.6. The number of nitrogens with zero attached hydrogens (tertiary/aromatic N) is 2. The number of carbonyl (C=O) groups excluding carboxylic acids is 1. The molecular weight excluding hydrogens is 324 g/mol. The first-order chi connectivity index (χ1) is 12.5. The topological polar surface area (TPSA) is 44.1 Å². The molecule has 0 N–H and O–H groups in total. The zero-order valence-electron chi connectivity index (χ0n) is 14.9. The van der Waals surface area contributed by atoms with Crippen molar-refractivity contribution < 1.29 is 9.53 Å². The van der Waals surface area contributed by atoms with E-state index in [1.165, 1.54) is 11.1 Å². The lowest BCUT2D eigenvalue weighted by molar-refractivity contribution is -0.00698. The molecule has 0 radical (unpaired) electrons. The van der Waals surface area contributed by atoms with Crippen LogP contribution in [0.15, 0.2) is 54.6 Å². The molecule has 0 saturated carbocycles. The van der Waals surface area contributed by atoms with Crippen LogP contribution in [0.4, 0.5) is 0 Å². The zero-order chi connectivity index (χ0) is 17.9. The van der Waals surface area contributed by atoms with Crippen molar-refractivity contribution in [1.82, 2.24) is 9.78 Å². The Hall–Kier alpha value is -2.88. The first kappa shape index (κ1) is 15.4. The van der Waals surface area contributed by atoms with Crippen LogP contribution < -0.4 is 0 Å². The van der Waals surface area contributed by atoms with E-state index in [0.29, 0.717) is 12.0 Å². The Morgan fingerprint density at radius 2 is 1.81 bits per heavy atom. The van der Waals surface area contributed by atoms with E-state index < -0.39 is 5.60 Å². The Bertz CT molecular complexity index is 1020. The number of esters is 1. The lowest BCUT2D eigenvalue weighted by Crippen LogP contribution is -2.36. The van der Waals surface area contributed by atoms with E-state index in [-0.39, 0.29) is 11.9 Å². The van der Waals surface area contributed by atoms with Crippen LogP contribution in [0.2, 0.25) is 0 Å². The van der Waals surface area contributed by atoms with Gasteiger partial charge in [0, 0.05) is 18.8 Å². The largest absolute Gasteiger partial charge is 0.456 e. The summed E-state index contributed by atoms with van der Waals surface area (Å²) in [6.07, 6.45) is 1.39. The molecule has 1 aromatic heterocycles. The second kappa shape index (κ2) is 5.31. The summed E-state index contributed by atoms with van der Waals surface area (Å²) in [7, 11) is 0. The van der Waals surface area contributed by atoms with Gasteiger partial charge in [-0.3, -0.25) is 0 Å². The van der Waals surface area contributed by atoms with Crippen molar-refractivity contribution in [2.45, 2.75) is 38.2 Å². The van der Waals surface area contributed by atoms with Crippen LogP contribution in [0.25, 0.3) is 5.69 Å². The SMILES string of the molecule is CC1(C)Cc2nn3c(c2C(=O)O1)CC(c1ccccc1)c1ccccc1-3. The maximum atomic E-state index is 12.7. The minimum absolute atomic E-state index is 0.212. The standard InChI is InChI=1S/C22H20N2O2/c1-22(2)13-17-20(21(25)26-22)19-12-16(14-8-4-3-5-9-14)15-10-6-7-11-18(15)24(19)23-17/h3-11,16H,12-13H2,1-2H3. The monoisotopic (exact) mass is 344 g/mol. The first-order valence-corrected chi connectivity index (χ1v) is 9.02. The Labute approximate surface area is 152 Å². The van der Waals surface area contributed by atoms with Crippen LogP contribution in [0.1, 0.15) is 52.6 Å². The number of ether oxygens (including phenoxy) is 1. The summed E-state index contributed by atoms with van der Waals surface area (Å²) in [6.45, 7) is 3.87. The molecule has 2 aliphatic rings. The highest BCUT2D eigenvalue weighted by Crippen LogP contribution is 2.41. The van der Waals surface area contributed by atoms with Crippen molar-refractivity contribution in [3.05, 3.63) is 82.7 Å². The number of para-hydroxylation sites is 1. The summed E-state index contributed by atoms with van der Waals surface area (Å²) in [4.78, 5) is 12.7. The number of cyclic esters (lactones) is 1. The van der Waals surface area contributed by atoms with E-state index in [4.69, 9.17) is 9.84 Å². The highest BCUT2D eigenvalue weighted by Gasteiger charge is 2.40. The van der Waals surface area contributed by atoms with Gasteiger partial charge in [0.2, 0.25) is 0 Å². The van der Waals surface area contributed by atoms with E-state index in [9.17, 15) is 4.79 Å². The van der Waals surface area contributed by atoms with Crippen LogP contribution in [0.3, 0.4) is 0 Å². The molecule has 4 heteroatoms. The molecule has 26 heavy (non-hydrogen) atoms. The Balaban J connectivity index is 1.72. The molecule has 2 aromatic carbocycles. The summed E-state index contributed by atoms with van der Waals surface area (Å²) in [6, 6.07) is 18.8. The van der Waals surface area contributed by atoms with Gasteiger partial charge in [0.05, 0.1) is 17.1 Å². The van der Waals surface area contributed by atoms with Crippen molar-refractivity contribution in [2.75, 3.05) is 0 Å². The molecule has 1 unspecified atom stereocenters. The molecule has 1 atom stereocenters. The molecule has 4 nitrogen and oxygen atoms in total. The molecule has 5 rings (SSSR count). The number of rotatable bonds is 1. The minimum atomic E-state index is -0.507. The number of aromatic nitrogens is 2. The lowest BCUT2D eigenvalue weighted by Gasteiger charge is -2.30. The zero-order valence-corrected chi connectivity index (χ0v) is 14.9. The number of benzene rings is 2. The van der Waals surface area contributed by atoms with Gasteiger partial charge in [0.15, 0.2) is 0 Å². The molecular formula is C22H20N2O2. The molecule has 0 spiro atoms. The van der Waals surface area contributed by atoms with Gasteiger partial charge >= 0.3 is 5.97 Å². The second-order valence-corrected chi connectivity index (χ2v) is 7.73. The Morgan fingerprint density at radius 3 is 2.62 bits per heavy atom. The molecule has 0 bridgehead atoms. The van der Waals surface area contributed by atoms with Gasteiger partial charge in [-0.1, -0.05) is 48.5 Å². The predicted octanol–water partition coefficient (Wildman–Crippen LogP) is 4.05. The third-order valence-corrected chi connectivity index (χ3v) is 5.36. The summed E-state index contributed by atoms with van der Waals surface area (Å²) in [5.41, 5.74) is 5.54. The predicted molar refractivity (Wildman–Crippen MR) is 98.8 cm³/mol. The van der Waals surface area contributed by atoms with Crippen molar-refractivity contribution in [3.8, 4) is 5.69 Å². The second-order valence-electron chi connectivity index (χ2n) is 7.73. The Morgan fingerprint density at radius 1 is 1.08 bits per heavy atom. The van der Waals surface area contributed by atoms with Crippen molar-refractivity contribution in [1.29, 1.82) is 0 Å². The molecule has 0 fully saturated rings. The highest BCUT2D eigenvalue weighted by molar-refractivity contribution is 5.94. The molecule has 3 aromatic rings. The van der Waals surface area contributed by atoms with Crippen LogP contribution >= 0.6 is 0 Å². The van der Waals surface area contributed by atoms with Gasteiger partial charge in [0.1, 0.15) is 11.2 Å². The lowest BCUT2D eigenvalue weighted by atomic mass is 9.83. The number of carbonyl (C=O) groups is 1. The molecule has 2 aliphatic heterocycles. The van der Waals surface area contributed by atoms with Crippen molar-refractivity contribution >= 4 is 5.97 Å². The molecule has 3 heterocycles. The smallest absolute Gasteiger partial charge is 0.342 e. The van der Waals surface area contributed by atoms with Gasteiger partial charge < -0.3 is 4.74 Å². The normalized spacial score (nSPS) is 19.9. The molecule has 130 valence electrons. The summed E-state index contributed by atoms with van der Waals surface area (Å²) in [5.74, 6) is -0.0351. The third kappa shape index (κ3) is 2.22. The Kier molecular flexibility index (Phi) is 3.14. The quantitative estimate of drug-likeness (QED) is 0.626. The molecule has 0 amide bonds. The van der Waals surface area contributed by atoms with Gasteiger partial charge in [-0.15, -0.1) is 0 Å². The fourth-order valence-corrected chi connectivity index (χ4v) is 4.25. The van der Waals surface area contributed by atoms with Gasteiger partial charge in [-0.25, -0.2) is 9.48 Å². The minimum Gasteiger partial charge on any atom is -0.456 e. The van der Waals surface area contributed by atoms with Crippen LogP contribution in [0, 0.1) is 0 Å². The summed E-state index contributed by atoms with van der Waals surface area (Å²) >= 11 is 0. The van der Waals surface area contributed by atoms with Gasteiger partial charge in [0.25, 0.3) is 0 Å². The van der Waals surface area contributed by atoms with Crippen molar-refractivity contribution in [3.63, 3.8) is 0 Å². The fraction of sp³-hybridized carbons (Fsp3) is 0.273. The number of hydrogen-bond donors (Lipinski definition) is 0. The first-order valence-electron chi connectivity index (χ1n) is 9.02. The number of hydrogen-bond acceptors (Lipinski definition) is 3. The van der Waals surface area contributed by atoms with E-state index >= 15 is 0 Å². The fourth-order valence-electron chi connectivity index (χ4n) is 4.25. The summed E-state index contributed by atoms with van der Waals surface area (Å²) < 4.78 is 7.62. The summed E-state index contributed by atoms with van der Waals surface area (Å²) in [5, 5.41) is 4.82. The van der Waals surface area contributed by atoms with Crippen molar-refractivity contribution in [2.24, 2.45) is 0 Å². The third-order valence-electron chi connectivity index (χ3n) is 5.36. The maximum Gasteiger partial charge on any atom is 0.342 e. The van der Waals surface area contributed by atoms with Crippen LogP contribution in [0.5, 0.6) is 0 Å². The molecule has 0 aliphatic carbocycles. The van der Waals surface area contributed by atoms with Gasteiger partial charge in [-0.05, 0) is 31.0 Å². The van der Waals surface area contributed by atoms with E-state index in [1.54, 1.807) is 0 Å². The average Bonchev–Trinajstić information content (AvgIpc) is 2.99. The average molecular weight is 344 g/mol. The molecule has 0 saturated heterocycles. The maximum absolute atomic E-state index is 12.7. The van der Waals surface area contributed by atoms with E-state index in [1.807, 2.05) is 30.7 Å². The van der Waals surface area contributed by atoms with E-state index in [2.05, 4.69) is 42.5 Å². The van der Waals surface area contributed by atoms with E-state index in [0.717, 1.165) is 23.5 Å². The number of fused-ring (bicyclic) bond motifs is 5. The van der Waals surface area contributed by atoms with Crippen LogP contribution in [-0.4, -0.2) is 21.4 Å². The van der Waals surface area contributed by atoms with Crippen LogP contribution in [-0.2, 0) is 17.6 Å².